The lowest BCUT2D eigenvalue weighted by atomic mass is 9.86. The van der Waals surface area contributed by atoms with E-state index in [9.17, 15) is 4.79 Å². The largest absolute Gasteiger partial charge is 0.462 e. The van der Waals surface area contributed by atoms with Gasteiger partial charge in [0.2, 0.25) is 0 Å². The molecule has 1 fully saturated rings. The average molecular weight is 207 g/mol. The van der Waals surface area contributed by atoms with Gasteiger partial charge in [-0.3, -0.25) is 0 Å². The molecule has 0 spiro atoms. The maximum Gasteiger partial charge on any atom is 0.339 e. The minimum Gasteiger partial charge on any atom is -0.462 e. The molecule has 3 nitrogen and oxygen atoms in total. The Morgan fingerprint density at radius 3 is 3.33 bits per heavy atom. The molecule has 0 aromatic rings. The molecule has 1 aliphatic heterocycles. The summed E-state index contributed by atoms with van der Waals surface area (Å²) in [5.74, 6) is 0.311. The normalized spacial score (nSPS) is 24.5. The van der Waals surface area contributed by atoms with Crippen molar-refractivity contribution in [2.45, 2.75) is 26.2 Å². The Kier molecular flexibility index (Phi) is 3.09. The summed E-state index contributed by atoms with van der Waals surface area (Å²) in [4.78, 5) is 11.7. The molecule has 82 valence electrons. The number of carbonyl (C=O) groups is 1. The molecule has 1 N–H and O–H groups in total. The zero-order chi connectivity index (χ0) is 10.7. The molecule has 1 saturated heterocycles. The summed E-state index contributed by atoms with van der Waals surface area (Å²) < 4.78 is 5.04. The Hall–Kier alpha value is -1.25. The van der Waals surface area contributed by atoms with Crippen LogP contribution < -0.4 is 5.32 Å². The van der Waals surface area contributed by atoms with Crippen LogP contribution in [0.2, 0.25) is 0 Å². The van der Waals surface area contributed by atoms with Gasteiger partial charge >= 0.3 is 5.97 Å². The fourth-order valence-electron chi connectivity index (χ4n) is 2.24. The third-order valence-corrected chi connectivity index (χ3v) is 2.94. The number of hydrogen-bond acceptors (Lipinski definition) is 3. The van der Waals surface area contributed by atoms with E-state index in [0.29, 0.717) is 12.5 Å². The summed E-state index contributed by atoms with van der Waals surface area (Å²) in [5, 5.41) is 3.34. The van der Waals surface area contributed by atoms with Gasteiger partial charge < -0.3 is 10.1 Å². The van der Waals surface area contributed by atoms with Crippen molar-refractivity contribution in [1.29, 1.82) is 0 Å². The smallest absolute Gasteiger partial charge is 0.339 e. The van der Waals surface area contributed by atoms with Crippen LogP contribution in [-0.2, 0) is 9.53 Å². The summed E-state index contributed by atoms with van der Waals surface area (Å²) in [6.07, 6.45) is 7.38. The van der Waals surface area contributed by atoms with Crippen molar-refractivity contribution >= 4 is 5.97 Å². The first kappa shape index (κ1) is 10.3. The van der Waals surface area contributed by atoms with Gasteiger partial charge in [0.05, 0.1) is 12.2 Å². The Morgan fingerprint density at radius 2 is 2.53 bits per heavy atom. The number of fused-ring (bicyclic) bond motifs is 1. The van der Waals surface area contributed by atoms with Crippen molar-refractivity contribution in [3.63, 3.8) is 0 Å². The van der Waals surface area contributed by atoms with E-state index in [2.05, 4.69) is 11.4 Å². The number of ether oxygens (including phenoxy) is 1. The second kappa shape index (κ2) is 4.51. The van der Waals surface area contributed by atoms with E-state index in [4.69, 9.17) is 4.74 Å². The van der Waals surface area contributed by atoms with Gasteiger partial charge in [-0.1, -0.05) is 6.08 Å². The zero-order valence-electron chi connectivity index (χ0n) is 9.08. The first-order chi connectivity index (χ1) is 7.33. The maximum atomic E-state index is 11.7. The van der Waals surface area contributed by atoms with Gasteiger partial charge in [0, 0.05) is 18.2 Å². The first-order valence-electron chi connectivity index (χ1n) is 5.64. The SMILES string of the molecule is CCOC(=O)C1=C2NCCCC2CC=C1. The average Bonchev–Trinajstić information content (AvgIpc) is 2.28. The van der Waals surface area contributed by atoms with Crippen LogP contribution in [0.3, 0.4) is 0 Å². The summed E-state index contributed by atoms with van der Waals surface area (Å²) in [5.41, 5.74) is 1.83. The van der Waals surface area contributed by atoms with Crippen LogP contribution >= 0.6 is 0 Å². The highest BCUT2D eigenvalue weighted by atomic mass is 16.5. The van der Waals surface area contributed by atoms with Crippen molar-refractivity contribution in [1.82, 2.24) is 5.32 Å². The summed E-state index contributed by atoms with van der Waals surface area (Å²) >= 11 is 0. The summed E-state index contributed by atoms with van der Waals surface area (Å²) in [7, 11) is 0. The van der Waals surface area contributed by atoms with Crippen molar-refractivity contribution in [3.8, 4) is 0 Å². The molecule has 0 radical (unpaired) electrons. The van der Waals surface area contributed by atoms with E-state index in [1.54, 1.807) is 0 Å². The molecule has 0 amide bonds. The molecule has 2 aliphatic rings. The predicted octanol–water partition coefficient (Wildman–Crippen LogP) is 1.76. The van der Waals surface area contributed by atoms with Gasteiger partial charge in [-0.2, -0.15) is 0 Å². The molecule has 2 rings (SSSR count). The maximum absolute atomic E-state index is 11.7. The molecular weight excluding hydrogens is 190 g/mol. The fourth-order valence-corrected chi connectivity index (χ4v) is 2.24. The van der Waals surface area contributed by atoms with Crippen molar-refractivity contribution in [3.05, 3.63) is 23.4 Å². The number of rotatable bonds is 2. The Labute approximate surface area is 90.2 Å². The molecule has 1 heterocycles. The molecule has 1 atom stereocenters. The van der Waals surface area contributed by atoms with Crippen LogP contribution in [0.4, 0.5) is 0 Å². The van der Waals surface area contributed by atoms with E-state index in [1.165, 1.54) is 12.8 Å². The zero-order valence-corrected chi connectivity index (χ0v) is 9.08. The fraction of sp³-hybridized carbons (Fsp3) is 0.583. The summed E-state index contributed by atoms with van der Waals surface area (Å²) in [6, 6.07) is 0. The molecule has 3 heteroatoms. The molecule has 0 saturated carbocycles. The second-order valence-corrected chi connectivity index (χ2v) is 3.95. The number of carbonyl (C=O) groups excluding carboxylic acids is 1. The highest BCUT2D eigenvalue weighted by Gasteiger charge is 2.26. The molecule has 1 unspecified atom stereocenters. The van der Waals surface area contributed by atoms with Crippen LogP contribution in [0.1, 0.15) is 26.2 Å². The summed E-state index contributed by atoms with van der Waals surface area (Å²) in [6.45, 7) is 3.25. The molecule has 0 aromatic carbocycles. The minimum absolute atomic E-state index is 0.192. The Balaban J connectivity index is 2.22. The van der Waals surface area contributed by atoms with Crippen LogP contribution in [0.5, 0.6) is 0 Å². The number of allylic oxidation sites excluding steroid dienone is 2. The van der Waals surface area contributed by atoms with Gasteiger partial charge in [0.15, 0.2) is 0 Å². The van der Waals surface area contributed by atoms with Crippen LogP contribution in [0, 0.1) is 5.92 Å². The third kappa shape index (κ3) is 2.06. The topological polar surface area (TPSA) is 38.3 Å². The van der Waals surface area contributed by atoms with E-state index in [1.807, 2.05) is 13.0 Å². The van der Waals surface area contributed by atoms with Gasteiger partial charge in [-0.25, -0.2) is 4.79 Å². The Bertz CT molecular complexity index is 318. The molecule has 1 aliphatic carbocycles. The molecular formula is C12H17NO2. The minimum atomic E-state index is -0.192. The van der Waals surface area contributed by atoms with Gasteiger partial charge in [-0.05, 0) is 32.3 Å². The lowest BCUT2D eigenvalue weighted by Crippen LogP contribution is -2.31. The predicted molar refractivity (Wildman–Crippen MR) is 58.1 cm³/mol. The van der Waals surface area contributed by atoms with Gasteiger partial charge in [0.1, 0.15) is 0 Å². The number of piperidine rings is 1. The highest BCUT2D eigenvalue weighted by molar-refractivity contribution is 5.92. The molecule has 0 bridgehead atoms. The van der Waals surface area contributed by atoms with E-state index >= 15 is 0 Å². The number of esters is 1. The third-order valence-electron chi connectivity index (χ3n) is 2.94. The van der Waals surface area contributed by atoms with Gasteiger partial charge in [-0.15, -0.1) is 0 Å². The molecule has 15 heavy (non-hydrogen) atoms. The Morgan fingerprint density at radius 1 is 1.67 bits per heavy atom. The standard InChI is InChI=1S/C12H17NO2/c1-2-15-12(14)10-7-3-5-9-6-4-8-13-11(9)10/h3,7,9,13H,2,4-6,8H2,1H3. The molecule has 0 aromatic heterocycles. The van der Waals surface area contributed by atoms with E-state index < -0.39 is 0 Å². The van der Waals surface area contributed by atoms with E-state index in [0.717, 1.165) is 24.2 Å². The van der Waals surface area contributed by atoms with Crippen molar-refractivity contribution < 1.29 is 9.53 Å². The van der Waals surface area contributed by atoms with E-state index in [-0.39, 0.29) is 5.97 Å². The first-order valence-corrected chi connectivity index (χ1v) is 5.64. The monoisotopic (exact) mass is 207 g/mol. The van der Waals surface area contributed by atoms with Gasteiger partial charge in [0.25, 0.3) is 0 Å². The van der Waals surface area contributed by atoms with Crippen molar-refractivity contribution in [2.24, 2.45) is 5.92 Å². The van der Waals surface area contributed by atoms with Crippen molar-refractivity contribution in [2.75, 3.05) is 13.2 Å². The second-order valence-electron chi connectivity index (χ2n) is 3.95. The van der Waals surface area contributed by atoms with Crippen LogP contribution in [0.25, 0.3) is 0 Å². The number of nitrogens with one attached hydrogen (secondary N) is 1. The van der Waals surface area contributed by atoms with Crippen LogP contribution in [0.15, 0.2) is 23.4 Å². The highest BCUT2D eigenvalue weighted by Crippen LogP contribution is 2.30. The number of hydrogen-bond donors (Lipinski definition) is 1. The lowest BCUT2D eigenvalue weighted by molar-refractivity contribution is -0.138. The van der Waals surface area contributed by atoms with Crippen LogP contribution in [-0.4, -0.2) is 19.1 Å². The quantitative estimate of drug-likeness (QED) is 0.701. The lowest BCUT2D eigenvalue weighted by Gasteiger charge is -2.30.